The van der Waals surface area contributed by atoms with Crippen molar-refractivity contribution in [2.24, 2.45) is 4.99 Å². The van der Waals surface area contributed by atoms with Gasteiger partial charge in [-0.05, 0) is 36.1 Å². The highest BCUT2D eigenvalue weighted by Gasteiger charge is 2.41. The average Bonchev–Trinajstić information content (AvgIpc) is 2.63. The lowest BCUT2D eigenvalue weighted by molar-refractivity contribution is -0.0661. The summed E-state index contributed by atoms with van der Waals surface area (Å²) in [6, 6.07) is 16.3. The Hall–Kier alpha value is -2.64. The van der Waals surface area contributed by atoms with Crippen LogP contribution >= 0.6 is 0 Å². The minimum absolute atomic E-state index is 0.380. The molecule has 120 valence electrons. The quantitative estimate of drug-likeness (QED) is 0.748. The zero-order chi connectivity index (χ0) is 16.4. The first-order chi connectivity index (χ1) is 11.8. The predicted octanol–water partition coefficient (Wildman–Crippen LogP) is 3.96. The number of rotatable bonds is 1. The van der Waals surface area contributed by atoms with E-state index in [9.17, 15) is 0 Å². The number of hydrogen-bond donors (Lipinski definition) is 0. The number of aliphatic imine (C=N–C) groups is 1. The lowest BCUT2D eigenvalue weighted by atomic mass is 9.84. The fourth-order valence-corrected chi connectivity index (χ4v) is 3.53. The van der Waals surface area contributed by atoms with Gasteiger partial charge in [0.15, 0.2) is 0 Å². The van der Waals surface area contributed by atoms with E-state index in [2.05, 4.69) is 29.3 Å². The molecule has 4 heteroatoms. The Bertz CT molecular complexity index is 815. The minimum Gasteiger partial charge on any atom is -0.484 e. The number of fused-ring (bicyclic) bond motifs is 1. The monoisotopic (exact) mass is 318 g/mol. The highest BCUT2D eigenvalue weighted by Crippen LogP contribution is 2.39. The zero-order valence-corrected chi connectivity index (χ0v) is 13.4. The molecule has 1 fully saturated rings. The van der Waals surface area contributed by atoms with E-state index in [1.165, 1.54) is 0 Å². The van der Waals surface area contributed by atoms with Crippen LogP contribution in [-0.4, -0.2) is 24.5 Å². The average molecular weight is 318 g/mol. The van der Waals surface area contributed by atoms with Crippen LogP contribution in [0, 0.1) is 11.5 Å². The largest absolute Gasteiger partial charge is 0.484 e. The van der Waals surface area contributed by atoms with Crippen LogP contribution in [0.5, 0.6) is 5.75 Å². The Balaban J connectivity index is 1.77. The first-order valence-corrected chi connectivity index (χ1v) is 8.22. The Labute approximate surface area is 141 Å². The SMILES string of the molecule is N#C/N=C1\CC2(CCCOC2)Oc2ccc(-c3ccccc3)cc21. The Kier molecular flexibility index (Phi) is 3.79. The molecule has 1 saturated heterocycles. The van der Waals surface area contributed by atoms with Gasteiger partial charge in [0, 0.05) is 18.6 Å². The second-order valence-corrected chi connectivity index (χ2v) is 6.35. The third-order valence-electron chi connectivity index (χ3n) is 4.68. The first kappa shape index (κ1) is 14.9. The van der Waals surface area contributed by atoms with Gasteiger partial charge < -0.3 is 9.47 Å². The van der Waals surface area contributed by atoms with Gasteiger partial charge >= 0.3 is 0 Å². The number of nitriles is 1. The molecule has 1 unspecified atom stereocenters. The van der Waals surface area contributed by atoms with E-state index >= 15 is 0 Å². The molecule has 1 atom stereocenters. The zero-order valence-electron chi connectivity index (χ0n) is 13.4. The molecule has 0 saturated carbocycles. The van der Waals surface area contributed by atoms with Crippen molar-refractivity contribution in [3.8, 4) is 23.1 Å². The third kappa shape index (κ3) is 2.68. The molecule has 0 bridgehead atoms. The van der Waals surface area contributed by atoms with E-state index < -0.39 is 0 Å². The van der Waals surface area contributed by atoms with Crippen molar-refractivity contribution in [2.45, 2.75) is 24.9 Å². The Morgan fingerprint density at radius 1 is 1.08 bits per heavy atom. The summed E-state index contributed by atoms with van der Waals surface area (Å²) in [5.41, 5.74) is 3.56. The molecule has 0 aromatic heterocycles. The maximum absolute atomic E-state index is 9.11. The summed E-state index contributed by atoms with van der Waals surface area (Å²) in [4.78, 5) is 4.10. The topological polar surface area (TPSA) is 54.6 Å². The second kappa shape index (κ2) is 6.10. The van der Waals surface area contributed by atoms with Crippen LogP contribution in [0.15, 0.2) is 53.5 Å². The number of benzene rings is 2. The molecule has 2 aromatic rings. The lowest BCUT2D eigenvalue weighted by Crippen LogP contribution is -2.48. The van der Waals surface area contributed by atoms with Crippen molar-refractivity contribution in [1.29, 1.82) is 5.26 Å². The smallest absolute Gasteiger partial charge is 0.205 e. The van der Waals surface area contributed by atoms with E-state index in [4.69, 9.17) is 14.7 Å². The van der Waals surface area contributed by atoms with Gasteiger partial charge in [-0.3, -0.25) is 0 Å². The molecule has 24 heavy (non-hydrogen) atoms. The van der Waals surface area contributed by atoms with Crippen LogP contribution in [-0.2, 0) is 4.74 Å². The van der Waals surface area contributed by atoms with E-state index in [1.807, 2.05) is 30.5 Å². The normalized spacial score (nSPS) is 24.2. The molecule has 1 spiro atoms. The molecule has 4 nitrogen and oxygen atoms in total. The van der Waals surface area contributed by atoms with Gasteiger partial charge in [0.25, 0.3) is 0 Å². The van der Waals surface area contributed by atoms with Gasteiger partial charge in [-0.2, -0.15) is 10.3 Å². The first-order valence-electron chi connectivity index (χ1n) is 8.22. The van der Waals surface area contributed by atoms with E-state index in [-0.39, 0.29) is 5.60 Å². The highest BCUT2D eigenvalue weighted by molar-refractivity contribution is 6.05. The number of nitrogens with zero attached hydrogens (tertiary/aromatic N) is 2. The van der Waals surface area contributed by atoms with E-state index in [0.717, 1.165) is 47.6 Å². The van der Waals surface area contributed by atoms with Crippen LogP contribution in [0.1, 0.15) is 24.8 Å². The van der Waals surface area contributed by atoms with Crippen molar-refractivity contribution in [2.75, 3.05) is 13.2 Å². The highest BCUT2D eigenvalue weighted by atomic mass is 16.5. The van der Waals surface area contributed by atoms with E-state index in [0.29, 0.717) is 13.0 Å². The summed E-state index contributed by atoms with van der Waals surface area (Å²) in [5.74, 6) is 0.792. The molecule has 2 aromatic carbocycles. The van der Waals surface area contributed by atoms with Crippen molar-refractivity contribution in [1.82, 2.24) is 0 Å². The standard InChI is InChI=1S/C20H18N2O2/c21-14-22-18-12-20(9-4-10-23-13-20)24-19-8-7-16(11-17(18)19)15-5-2-1-3-6-15/h1-3,5-8,11H,4,9-10,12-13H2/b22-18+. The van der Waals surface area contributed by atoms with Gasteiger partial charge in [-0.1, -0.05) is 36.4 Å². The number of ether oxygens (including phenoxy) is 2. The Morgan fingerprint density at radius 3 is 2.71 bits per heavy atom. The van der Waals surface area contributed by atoms with Gasteiger partial charge in [0.1, 0.15) is 11.4 Å². The summed E-state index contributed by atoms with van der Waals surface area (Å²) in [6.07, 6.45) is 4.47. The van der Waals surface area contributed by atoms with Crippen LogP contribution in [0.25, 0.3) is 11.1 Å². The van der Waals surface area contributed by atoms with Crippen LogP contribution in [0.3, 0.4) is 0 Å². The summed E-state index contributed by atoms with van der Waals surface area (Å²) in [5, 5.41) is 9.11. The predicted molar refractivity (Wildman–Crippen MR) is 92.1 cm³/mol. The maximum Gasteiger partial charge on any atom is 0.205 e. The van der Waals surface area contributed by atoms with E-state index in [1.54, 1.807) is 0 Å². The van der Waals surface area contributed by atoms with Gasteiger partial charge in [-0.25, -0.2) is 0 Å². The fourth-order valence-electron chi connectivity index (χ4n) is 3.53. The Morgan fingerprint density at radius 2 is 1.96 bits per heavy atom. The molecule has 0 N–H and O–H groups in total. The summed E-state index contributed by atoms with van der Waals surface area (Å²) in [7, 11) is 0. The van der Waals surface area contributed by atoms with Gasteiger partial charge in [0.05, 0.1) is 12.3 Å². The summed E-state index contributed by atoms with van der Waals surface area (Å²) >= 11 is 0. The van der Waals surface area contributed by atoms with Crippen LogP contribution < -0.4 is 4.74 Å². The molecule has 2 aliphatic rings. The molecule has 0 radical (unpaired) electrons. The molecule has 0 aliphatic carbocycles. The molecule has 4 rings (SSSR count). The molecular weight excluding hydrogens is 300 g/mol. The fraction of sp³-hybridized carbons (Fsp3) is 0.300. The molecular formula is C20H18N2O2. The summed E-state index contributed by atoms with van der Waals surface area (Å²) < 4.78 is 11.9. The lowest BCUT2D eigenvalue weighted by Gasteiger charge is -2.41. The van der Waals surface area contributed by atoms with Gasteiger partial charge in [-0.15, -0.1) is 0 Å². The van der Waals surface area contributed by atoms with Crippen molar-refractivity contribution < 1.29 is 9.47 Å². The summed E-state index contributed by atoms with van der Waals surface area (Å²) in [6.45, 7) is 1.33. The van der Waals surface area contributed by atoms with Crippen LogP contribution in [0.2, 0.25) is 0 Å². The second-order valence-electron chi connectivity index (χ2n) is 6.35. The van der Waals surface area contributed by atoms with Crippen LogP contribution in [0.4, 0.5) is 0 Å². The molecule has 0 amide bonds. The third-order valence-corrected chi connectivity index (χ3v) is 4.68. The molecule has 2 heterocycles. The van der Waals surface area contributed by atoms with Crippen molar-refractivity contribution in [3.63, 3.8) is 0 Å². The minimum atomic E-state index is -0.380. The van der Waals surface area contributed by atoms with Gasteiger partial charge in [0.2, 0.25) is 6.19 Å². The van der Waals surface area contributed by atoms with Crippen molar-refractivity contribution >= 4 is 5.71 Å². The number of hydrogen-bond acceptors (Lipinski definition) is 4. The molecule has 2 aliphatic heterocycles. The maximum atomic E-state index is 9.11. The van der Waals surface area contributed by atoms with Crippen molar-refractivity contribution in [3.05, 3.63) is 54.1 Å².